The highest BCUT2D eigenvalue weighted by Gasteiger charge is 2.07. The number of nitrogen functional groups attached to an aromatic ring is 1. The molecule has 2 aromatic rings. The summed E-state index contributed by atoms with van der Waals surface area (Å²) in [7, 11) is 0. The van der Waals surface area contributed by atoms with Gasteiger partial charge >= 0.3 is 0 Å². The summed E-state index contributed by atoms with van der Waals surface area (Å²) in [5.41, 5.74) is 3.93. The molecule has 17 heavy (non-hydrogen) atoms. The van der Waals surface area contributed by atoms with Crippen LogP contribution in [-0.2, 0) is 6.54 Å². The molecular weight excluding hydrogens is 261 g/mol. The van der Waals surface area contributed by atoms with E-state index in [1.807, 2.05) is 6.92 Å². The van der Waals surface area contributed by atoms with Crippen molar-refractivity contribution in [3.05, 3.63) is 39.8 Å². The van der Waals surface area contributed by atoms with Gasteiger partial charge in [0, 0.05) is 6.20 Å². The SMILES string of the molecule is Cc1nn(Cc2nc(NN)ccc2Cl)cc1Cl. The van der Waals surface area contributed by atoms with Gasteiger partial charge in [0.1, 0.15) is 5.82 Å². The summed E-state index contributed by atoms with van der Waals surface area (Å²) >= 11 is 12.0. The first-order valence-corrected chi connectivity index (χ1v) is 5.67. The Morgan fingerprint density at radius 1 is 1.35 bits per heavy atom. The van der Waals surface area contributed by atoms with Crippen molar-refractivity contribution in [1.82, 2.24) is 14.8 Å². The fraction of sp³-hybridized carbons (Fsp3) is 0.200. The molecular formula is C10H11Cl2N5. The summed E-state index contributed by atoms with van der Waals surface area (Å²) in [5.74, 6) is 5.85. The lowest BCUT2D eigenvalue weighted by atomic mass is 10.3. The minimum atomic E-state index is 0.446. The van der Waals surface area contributed by atoms with Crippen molar-refractivity contribution in [2.45, 2.75) is 13.5 Å². The van der Waals surface area contributed by atoms with Crippen LogP contribution in [0.2, 0.25) is 10.0 Å². The molecule has 0 atom stereocenters. The number of hydrogen-bond acceptors (Lipinski definition) is 4. The van der Waals surface area contributed by atoms with Crippen LogP contribution in [-0.4, -0.2) is 14.8 Å². The Balaban J connectivity index is 2.28. The van der Waals surface area contributed by atoms with E-state index < -0.39 is 0 Å². The number of nitrogens with one attached hydrogen (secondary N) is 1. The van der Waals surface area contributed by atoms with Gasteiger partial charge in [-0.25, -0.2) is 10.8 Å². The van der Waals surface area contributed by atoms with Gasteiger partial charge in [-0.3, -0.25) is 4.68 Å². The summed E-state index contributed by atoms with van der Waals surface area (Å²) in [6.07, 6.45) is 1.73. The molecule has 0 bridgehead atoms. The smallest absolute Gasteiger partial charge is 0.140 e. The molecule has 0 aliphatic heterocycles. The minimum Gasteiger partial charge on any atom is -0.308 e. The number of halogens is 2. The predicted octanol–water partition coefficient (Wildman–Crippen LogP) is 2.23. The number of hydrazine groups is 1. The zero-order valence-electron chi connectivity index (χ0n) is 9.11. The predicted molar refractivity (Wildman–Crippen MR) is 68.1 cm³/mol. The van der Waals surface area contributed by atoms with Crippen molar-refractivity contribution < 1.29 is 0 Å². The van der Waals surface area contributed by atoms with E-state index >= 15 is 0 Å². The molecule has 3 N–H and O–H groups in total. The van der Waals surface area contributed by atoms with Crippen LogP contribution >= 0.6 is 23.2 Å². The van der Waals surface area contributed by atoms with Crippen molar-refractivity contribution >= 4 is 29.0 Å². The van der Waals surface area contributed by atoms with E-state index in [1.54, 1.807) is 23.0 Å². The van der Waals surface area contributed by atoms with E-state index in [1.165, 1.54) is 0 Å². The molecule has 2 rings (SSSR count). The summed E-state index contributed by atoms with van der Waals surface area (Å²) in [6, 6.07) is 3.43. The largest absolute Gasteiger partial charge is 0.308 e. The molecule has 0 amide bonds. The van der Waals surface area contributed by atoms with Crippen LogP contribution in [0.15, 0.2) is 18.3 Å². The Labute approximate surface area is 109 Å². The quantitative estimate of drug-likeness (QED) is 0.664. The number of pyridine rings is 1. The molecule has 0 saturated carbocycles. The van der Waals surface area contributed by atoms with Crippen molar-refractivity contribution in [3.63, 3.8) is 0 Å². The van der Waals surface area contributed by atoms with E-state index in [2.05, 4.69) is 15.5 Å². The zero-order valence-corrected chi connectivity index (χ0v) is 10.6. The molecule has 0 saturated heterocycles. The first-order valence-electron chi connectivity index (χ1n) is 4.91. The number of aromatic nitrogens is 3. The molecule has 0 spiro atoms. The first-order chi connectivity index (χ1) is 8.10. The van der Waals surface area contributed by atoms with Crippen molar-refractivity contribution in [2.75, 3.05) is 5.43 Å². The summed E-state index contributed by atoms with van der Waals surface area (Å²) in [5, 5.41) is 5.42. The van der Waals surface area contributed by atoms with Crippen LogP contribution in [0.4, 0.5) is 5.82 Å². The molecule has 7 heteroatoms. The van der Waals surface area contributed by atoms with E-state index in [4.69, 9.17) is 29.0 Å². The van der Waals surface area contributed by atoms with Crippen LogP contribution in [0.25, 0.3) is 0 Å². The molecule has 0 fully saturated rings. The topological polar surface area (TPSA) is 68.8 Å². The van der Waals surface area contributed by atoms with Gasteiger partial charge in [-0.15, -0.1) is 0 Å². The monoisotopic (exact) mass is 271 g/mol. The number of hydrogen-bond donors (Lipinski definition) is 2. The Morgan fingerprint density at radius 3 is 2.71 bits per heavy atom. The molecule has 0 aliphatic carbocycles. The molecule has 90 valence electrons. The number of rotatable bonds is 3. The summed E-state index contributed by atoms with van der Waals surface area (Å²) in [6.45, 7) is 2.29. The van der Waals surface area contributed by atoms with Crippen LogP contribution in [0, 0.1) is 6.92 Å². The molecule has 5 nitrogen and oxygen atoms in total. The third kappa shape index (κ3) is 2.69. The Hall–Kier alpha value is -1.30. The van der Waals surface area contributed by atoms with Crippen LogP contribution < -0.4 is 11.3 Å². The maximum atomic E-state index is 6.04. The second-order valence-electron chi connectivity index (χ2n) is 3.53. The van der Waals surface area contributed by atoms with Crippen molar-refractivity contribution in [2.24, 2.45) is 5.84 Å². The minimum absolute atomic E-state index is 0.446. The van der Waals surface area contributed by atoms with Gasteiger partial charge in [-0.05, 0) is 19.1 Å². The third-order valence-corrected chi connectivity index (χ3v) is 2.98. The van der Waals surface area contributed by atoms with E-state index in [0.717, 1.165) is 5.69 Å². The van der Waals surface area contributed by atoms with Crippen molar-refractivity contribution in [1.29, 1.82) is 0 Å². The third-order valence-electron chi connectivity index (χ3n) is 2.26. The molecule has 2 heterocycles. The highest BCUT2D eigenvalue weighted by atomic mass is 35.5. The standard InChI is InChI=1S/C10H11Cl2N5/c1-6-8(12)4-17(16-6)5-9-7(11)2-3-10(14-9)15-13/h2-4H,5,13H2,1H3,(H,14,15). The average molecular weight is 272 g/mol. The van der Waals surface area contributed by atoms with E-state index in [0.29, 0.717) is 28.1 Å². The second kappa shape index (κ2) is 4.91. The van der Waals surface area contributed by atoms with Crippen LogP contribution in [0.1, 0.15) is 11.4 Å². The lowest BCUT2D eigenvalue weighted by Crippen LogP contribution is -2.11. The Kier molecular flexibility index (Phi) is 3.51. The van der Waals surface area contributed by atoms with E-state index in [9.17, 15) is 0 Å². The molecule has 0 aromatic carbocycles. The summed E-state index contributed by atoms with van der Waals surface area (Å²) < 4.78 is 1.69. The van der Waals surface area contributed by atoms with Gasteiger partial charge in [0.05, 0.1) is 28.0 Å². The van der Waals surface area contributed by atoms with Gasteiger partial charge in [0.15, 0.2) is 0 Å². The van der Waals surface area contributed by atoms with Gasteiger partial charge in [0.25, 0.3) is 0 Å². The number of aryl methyl sites for hydroxylation is 1. The van der Waals surface area contributed by atoms with Gasteiger partial charge < -0.3 is 5.43 Å². The lowest BCUT2D eigenvalue weighted by Gasteiger charge is -2.06. The zero-order chi connectivity index (χ0) is 12.4. The van der Waals surface area contributed by atoms with Gasteiger partial charge in [0.2, 0.25) is 0 Å². The highest BCUT2D eigenvalue weighted by Crippen LogP contribution is 2.19. The lowest BCUT2D eigenvalue weighted by molar-refractivity contribution is 0.666. The summed E-state index contributed by atoms with van der Waals surface area (Å²) in [4.78, 5) is 4.25. The number of nitrogens with two attached hydrogens (primary N) is 1. The molecule has 2 aromatic heterocycles. The van der Waals surface area contributed by atoms with Gasteiger partial charge in [-0.1, -0.05) is 23.2 Å². The van der Waals surface area contributed by atoms with Crippen LogP contribution in [0.5, 0.6) is 0 Å². The normalized spacial score (nSPS) is 10.6. The maximum Gasteiger partial charge on any atom is 0.140 e. The number of anilines is 1. The molecule has 0 radical (unpaired) electrons. The average Bonchev–Trinajstić information content (AvgIpc) is 2.61. The van der Waals surface area contributed by atoms with E-state index in [-0.39, 0.29) is 0 Å². The molecule has 0 unspecified atom stereocenters. The second-order valence-corrected chi connectivity index (χ2v) is 4.34. The molecule has 0 aliphatic rings. The Morgan fingerprint density at radius 2 is 2.12 bits per heavy atom. The van der Waals surface area contributed by atoms with Crippen molar-refractivity contribution in [3.8, 4) is 0 Å². The maximum absolute atomic E-state index is 6.04. The fourth-order valence-electron chi connectivity index (χ4n) is 1.40. The first kappa shape index (κ1) is 12.2. The van der Waals surface area contributed by atoms with Crippen LogP contribution in [0.3, 0.4) is 0 Å². The highest BCUT2D eigenvalue weighted by molar-refractivity contribution is 6.31. The van der Waals surface area contributed by atoms with Gasteiger partial charge in [-0.2, -0.15) is 5.10 Å². The Bertz CT molecular complexity index is 518. The fourth-order valence-corrected chi connectivity index (χ4v) is 1.72. The number of nitrogens with zero attached hydrogens (tertiary/aromatic N) is 3.